The van der Waals surface area contributed by atoms with Crippen LogP contribution in [0.5, 0.6) is 5.75 Å². The largest absolute Gasteiger partial charge is 0.485 e. The molecule has 3 aromatic carbocycles. The lowest BCUT2D eigenvalue weighted by Gasteiger charge is -2.25. The third-order valence-electron chi connectivity index (χ3n) is 6.02. The van der Waals surface area contributed by atoms with Gasteiger partial charge in [-0.15, -0.1) is 11.8 Å². The fraction of sp³-hybridized carbons (Fsp3) is 0.214. The molecule has 0 spiro atoms. The minimum Gasteiger partial charge on any atom is -0.485 e. The number of fused-ring (bicyclic) bond motifs is 1. The number of H-pyrrole nitrogens is 1. The Balaban J connectivity index is 1.50. The molecule has 1 atom stereocenters. The minimum absolute atomic E-state index is 0.185. The first-order valence-electron chi connectivity index (χ1n) is 11.3. The number of benzene rings is 3. The second-order valence-electron chi connectivity index (χ2n) is 8.20. The third-order valence-corrected chi connectivity index (χ3v) is 7.06. The number of imidazole rings is 1. The number of carbonyl (C=O) groups excluding carboxylic acids is 1. The van der Waals surface area contributed by atoms with Crippen molar-refractivity contribution in [2.45, 2.75) is 42.4 Å². The topological polar surface area (TPSA) is 55.0 Å². The molecule has 166 valence electrons. The Morgan fingerprint density at radius 3 is 2.52 bits per heavy atom. The van der Waals surface area contributed by atoms with E-state index in [2.05, 4.69) is 46.4 Å². The van der Waals surface area contributed by atoms with Crippen LogP contribution in [-0.2, 0) is 18.6 Å². The van der Waals surface area contributed by atoms with E-state index in [9.17, 15) is 4.79 Å². The van der Waals surface area contributed by atoms with Crippen LogP contribution in [0.3, 0.4) is 0 Å². The monoisotopic (exact) mass is 454 g/mol. The average Bonchev–Trinajstić information content (AvgIpc) is 3.37. The number of nitrogens with one attached hydrogen (secondary N) is 1. The van der Waals surface area contributed by atoms with Crippen molar-refractivity contribution >= 4 is 17.5 Å². The van der Waals surface area contributed by atoms with E-state index >= 15 is 0 Å². The van der Waals surface area contributed by atoms with Crippen LogP contribution in [0.15, 0.2) is 90.1 Å². The van der Waals surface area contributed by atoms with E-state index < -0.39 is 0 Å². The van der Waals surface area contributed by atoms with Crippen LogP contribution >= 0.6 is 11.8 Å². The van der Waals surface area contributed by atoms with Crippen molar-refractivity contribution < 1.29 is 9.53 Å². The van der Waals surface area contributed by atoms with E-state index in [4.69, 9.17) is 4.74 Å². The summed E-state index contributed by atoms with van der Waals surface area (Å²) in [5.74, 6) is 2.74. The second-order valence-corrected chi connectivity index (χ2v) is 9.25. The summed E-state index contributed by atoms with van der Waals surface area (Å²) in [5.41, 5.74) is 4.25. The molecule has 1 N–H and O–H groups in total. The Kier molecular flexibility index (Phi) is 6.58. The number of nitrogens with zero attached hydrogens (tertiary/aromatic N) is 1. The van der Waals surface area contributed by atoms with Gasteiger partial charge in [-0.05, 0) is 48.2 Å². The Hall–Kier alpha value is -3.31. The lowest BCUT2D eigenvalue weighted by atomic mass is 9.87. The first kappa shape index (κ1) is 21.5. The highest BCUT2D eigenvalue weighted by molar-refractivity contribution is 7.98. The van der Waals surface area contributed by atoms with Crippen LogP contribution in [0.25, 0.3) is 0 Å². The number of carbonyl (C=O) groups is 1. The molecule has 0 amide bonds. The number of thioether (sulfide) groups is 1. The summed E-state index contributed by atoms with van der Waals surface area (Å²) in [6, 6.07) is 24.6. The number of ether oxygens (including phenoxy) is 1. The Bertz CT molecular complexity index is 1210. The van der Waals surface area contributed by atoms with Crippen molar-refractivity contribution in [2.24, 2.45) is 0 Å². The van der Waals surface area contributed by atoms with Gasteiger partial charge in [-0.1, -0.05) is 48.5 Å². The van der Waals surface area contributed by atoms with Crippen molar-refractivity contribution in [3.8, 4) is 5.75 Å². The van der Waals surface area contributed by atoms with E-state index in [1.807, 2.05) is 42.6 Å². The molecule has 5 heteroatoms. The second kappa shape index (κ2) is 10.1. The van der Waals surface area contributed by atoms with Crippen molar-refractivity contribution in [3.63, 3.8) is 0 Å². The van der Waals surface area contributed by atoms with Crippen LogP contribution in [0.4, 0.5) is 0 Å². The highest BCUT2D eigenvalue weighted by Crippen LogP contribution is 2.38. The molecule has 4 aromatic rings. The van der Waals surface area contributed by atoms with Gasteiger partial charge >= 0.3 is 0 Å². The fourth-order valence-electron chi connectivity index (χ4n) is 4.35. The lowest BCUT2D eigenvalue weighted by Crippen LogP contribution is -2.16. The first-order chi connectivity index (χ1) is 16.3. The van der Waals surface area contributed by atoms with Crippen LogP contribution in [0.2, 0.25) is 0 Å². The SMILES string of the molecule is O=C1CCCc2c1ccc(O[C@@H](Cc1ncc[nH]1)c1ccccc1)c2CSc1ccccc1. The molecule has 0 radical (unpaired) electrons. The number of ketones is 1. The Morgan fingerprint density at radius 1 is 0.970 bits per heavy atom. The maximum Gasteiger partial charge on any atom is 0.163 e. The summed E-state index contributed by atoms with van der Waals surface area (Å²) < 4.78 is 6.71. The molecule has 33 heavy (non-hydrogen) atoms. The number of Topliss-reactive ketones (excluding diaryl/α,β-unsaturated/α-hetero) is 1. The third kappa shape index (κ3) is 5.04. The molecule has 0 saturated heterocycles. The van der Waals surface area contributed by atoms with E-state index in [1.54, 1.807) is 18.0 Å². The van der Waals surface area contributed by atoms with Crippen molar-refractivity contribution in [1.29, 1.82) is 0 Å². The molecule has 0 unspecified atom stereocenters. The van der Waals surface area contributed by atoms with Crippen LogP contribution < -0.4 is 4.74 Å². The van der Waals surface area contributed by atoms with E-state index in [1.165, 1.54) is 4.90 Å². The molecular formula is C28H26N2O2S. The number of rotatable bonds is 8. The summed E-state index contributed by atoms with van der Waals surface area (Å²) in [6.45, 7) is 0. The molecule has 5 rings (SSSR count). The summed E-state index contributed by atoms with van der Waals surface area (Å²) in [4.78, 5) is 21.4. The maximum atomic E-state index is 12.6. The van der Waals surface area contributed by atoms with E-state index in [0.717, 1.165) is 52.4 Å². The van der Waals surface area contributed by atoms with Gasteiger partial charge in [0.2, 0.25) is 0 Å². The average molecular weight is 455 g/mol. The normalized spacial score (nSPS) is 14.0. The van der Waals surface area contributed by atoms with E-state index in [-0.39, 0.29) is 11.9 Å². The van der Waals surface area contributed by atoms with Gasteiger partial charge in [0, 0.05) is 47.0 Å². The lowest BCUT2D eigenvalue weighted by molar-refractivity contribution is 0.0972. The molecule has 1 aliphatic carbocycles. The minimum atomic E-state index is -0.185. The summed E-state index contributed by atoms with van der Waals surface area (Å²) >= 11 is 1.78. The van der Waals surface area contributed by atoms with Gasteiger partial charge in [0.05, 0.1) is 0 Å². The van der Waals surface area contributed by atoms with Crippen molar-refractivity contribution in [1.82, 2.24) is 9.97 Å². The molecule has 1 heterocycles. The number of hydrogen-bond acceptors (Lipinski definition) is 4. The fourth-order valence-corrected chi connectivity index (χ4v) is 5.33. The molecule has 0 aliphatic heterocycles. The molecule has 0 saturated carbocycles. The Labute approximate surface area is 198 Å². The first-order valence-corrected chi connectivity index (χ1v) is 12.3. The van der Waals surface area contributed by atoms with Gasteiger partial charge in [0.1, 0.15) is 17.7 Å². The zero-order valence-corrected chi connectivity index (χ0v) is 19.2. The van der Waals surface area contributed by atoms with Crippen LogP contribution in [-0.4, -0.2) is 15.8 Å². The number of hydrogen-bond donors (Lipinski definition) is 1. The molecule has 1 aliphatic rings. The van der Waals surface area contributed by atoms with Gasteiger partial charge < -0.3 is 9.72 Å². The zero-order valence-electron chi connectivity index (χ0n) is 18.4. The standard InChI is InChI=1S/C28H26N2O2S/c31-25-13-7-12-22-23(25)14-15-26(24(22)19-33-21-10-5-2-6-11-21)32-27(18-28-29-16-17-30-28)20-8-3-1-4-9-20/h1-6,8-11,14-17,27H,7,12-13,18-19H2,(H,29,30)/t27-/m0/s1. The summed E-state index contributed by atoms with van der Waals surface area (Å²) in [5, 5.41) is 0. The van der Waals surface area contributed by atoms with Gasteiger partial charge in [0.15, 0.2) is 5.78 Å². The predicted molar refractivity (Wildman–Crippen MR) is 132 cm³/mol. The van der Waals surface area contributed by atoms with Gasteiger partial charge in [-0.25, -0.2) is 4.98 Å². The van der Waals surface area contributed by atoms with Gasteiger partial charge in [0.25, 0.3) is 0 Å². The van der Waals surface area contributed by atoms with Gasteiger partial charge in [-0.2, -0.15) is 0 Å². The molecule has 0 fully saturated rings. The van der Waals surface area contributed by atoms with Gasteiger partial charge in [-0.3, -0.25) is 4.79 Å². The zero-order chi connectivity index (χ0) is 22.5. The maximum absolute atomic E-state index is 12.6. The van der Waals surface area contributed by atoms with Crippen molar-refractivity contribution in [2.75, 3.05) is 0 Å². The molecule has 0 bridgehead atoms. The molecule has 1 aromatic heterocycles. The predicted octanol–water partition coefficient (Wildman–Crippen LogP) is 6.58. The number of aromatic amines is 1. The van der Waals surface area contributed by atoms with Crippen molar-refractivity contribution in [3.05, 3.63) is 113 Å². The van der Waals surface area contributed by atoms with Crippen LogP contribution in [0, 0.1) is 0 Å². The molecule has 4 nitrogen and oxygen atoms in total. The highest BCUT2D eigenvalue weighted by Gasteiger charge is 2.25. The quantitative estimate of drug-likeness (QED) is 0.305. The summed E-state index contributed by atoms with van der Waals surface area (Å²) in [7, 11) is 0. The number of aromatic nitrogens is 2. The summed E-state index contributed by atoms with van der Waals surface area (Å²) in [6.07, 6.45) is 6.50. The smallest absolute Gasteiger partial charge is 0.163 e. The van der Waals surface area contributed by atoms with E-state index in [0.29, 0.717) is 12.8 Å². The highest BCUT2D eigenvalue weighted by atomic mass is 32.2. The van der Waals surface area contributed by atoms with Crippen LogP contribution in [0.1, 0.15) is 51.8 Å². The molecular weight excluding hydrogens is 428 g/mol. The Morgan fingerprint density at radius 2 is 1.76 bits per heavy atom.